The molecule has 7 atom stereocenters. The number of methoxy groups -OCH3 is 1. The minimum Gasteiger partial charge on any atom is -0.497 e. The van der Waals surface area contributed by atoms with E-state index >= 15 is 0 Å². The first-order chi connectivity index (χ1) is 20.4. The lowest BCUT2D eigenvalue weighted by molar-refractivity contribution is -0.184. The van der Waals surface area contributed by atoms with Crippen LogP contribution in [0.4, 0.5) is 0 Å². The van der Waals surface area contributed by atoms with Crippen LogP contribution in [-0.4, -0.2) is 65.6 Å². The summed E-state index contributed by atoms with van der Waals surface area (Å²) >= 11 is 0. The van der Waals surface area contributed by atoms with Crippen LogP contribution in [0.3, 0.4) is 0 Å². The van der Waals surface area contributed by atoms with Crippen LogP contribution in [0.5, 0.6) is 5.75 Å². The van der Waals surface area contributed by atoms with E-state index in [1.165, 1.54) is 0 Å². The number of carbonyl (C=O) groups excluding carboxylic acids is 4. The Kier molecular flexibility index (Phi) is 8.87. The first-order valence-electron chi connectivity index (χ1n) is 15.6. The van der Waals surface area contributed by atoms with Gasteiger partial charge in [0.2, 0.25) is 11.7 Å². The summed E-state index contributed by atoms with van der Waals surface area (Å²) in [4.78, 5) is 50.2. The predicted octanol–water partition coefficient (Wildman–Crippen LogP) is 3.48. The van der Waals surface area contributed by atoms with Gasteiger partial charge in [0.1, 0.15) is 11.4 Å². The first-order valence-corrected chi connectivity index (χ1v) is 15.6. The fraction of sp³-hybridized carbons (Fsp3) is 0.647. The van der Waals surface area contributed by atoms with Gasteiger partial charge in [0, 0.05) is 24.8 Å². The van der Waals surface area contributed by atoms with Crippen molar-refractivity contribution in [3.8, 4) is 5.75 Å². The summed E-state index contributed by atoms with van der Waals surface area (Å²) < 4.78 is 10.4. The molecule has 43 heavy (non-hydrogen) atoms. The Morgan fingerprint density at radius 1 is 1.05 bits per heavy atom. The molecule has 3 saturated carbocycles. The number of allylic oxidation sites excluding steroid dienone is 1. The van der Waals surface area contributed by atoms with Gasteiger partial charge in [-0.3, -0.25) is 19.2 Å². The van der Waals surface area contributed by atoms with Gasteiger partial charge in [0.15, 0.2) is 12.4 Å². The zero-order chi connectivity index (χ0) is 31.0. The maximum absolute atomic E-state index is 13.4. The van der Waals surface area contributed by atoms with Gasteiger partial charge in [-0.05, 0) is 91.9 Å². The summed E-state index contributed by atoms with van der Waals surface area (Å²) in [5, 5.41) is 26.1. The summed E-state index contributed by atoms with van der Waals surface area (Å²) in [6.45, 7) is 3.93. The molecule has 4 aliphatic rings. The number of nitrogens with one attached hydrogen (secondary N) is 1. The van der Waals surface area contributed by atoms with Crippen molar-refractivity contribution >= 4 is 23.4 Å². The molecule has 1 aromatic carbocycles. The molecule has 5 rings (SSSR count). The molecule has 0 unspecified atom stereocenters. The van der Waals surface area contributed by atoms with Gasteiger partial charge in [-0.2, -0.15) is 0 Å². The molecule has 0 aliphatic heterocycles. The molecular formula is C34H45NO8. The van der Waals surface area contributed by atoms with Crippen LogP contribution in [0, 0.1) is 28.6 Å². The van der Waals surface area contributed by atoms with Gasteiger partial charge in [0.05, 0.1) is 19.6 Å². The highest BCUT2D eigenvalue weighted by Gasteiger charge is 2.68. The van der Waals surface area contributed by atoms with E-state index in [1.54, 1.807) is 13.2 Å². The highest BCUT2D eigenvalue weighted by atomic mass is 16.5. The SMILES string of the molecule is COc1ccc(CCNC(=O)CCC(=O)OCC(=O)[C@@]2(O)CC[C@@H]3[C@@H]4CCC5=CC(=O)CC[C@]5(C)[C@H]4[C@H](O)C[C@]32C)cc1. The van der Waals surface area contributed by atoms with E-state index < -0.39 is 35.5 Å². The Morgan fingerprint density at radius 2 is 1.79 bits per heavy atom. The van der Waals surface area contributed by atoms with Crippen LogP contribution in [0.25, 0.3) is 0 Å². The molecule has 1 amide bonds. The highest BCUT2D eigenvalue weighted by molar-refractivity contribution is 5.92. The molecule has 9 heteroatoms. The summed E-state index contributed by atoms with van der Waals surface area (Å²) in [5.74, 6) is -0.424. The standard InChI is InChI=1S/C34H45NO8/c1-32-15-12-23(36)18-22(32)6-9-25-26-13-16-34(41,33(26,2)19-27(37)31(25)32)28(38)20-43-30(40)11-10-29(39)35-17-14-21-4-7-24(42-3)8-5-21/h4-5,7-8,18,25-27,31,37,41H,6,9-17,19-20H2,1-3H3,(H,35,39)/t25-,26+,27+,31+,32-,33+,34-/m0/s1. The van der Waals surface area contributed by atoms with Crippen molar-refractivity contribution in [2.75, 3.05) is 20.3 Å². The third-order valence-corrected chi connectivity index (χ3v) is 11.3. The maximum atomic E-state index is 13.4. The Balaban J connectivity index is 1.12. The largest absolute Gasteiger partial charge is 0.497 e. The number of fused-ring (bicyclic) bond motifs is 5. The number of Topliss-reactive ketones (excluding diaryl/α,β-unsaturated/α-hetero) is 1. The molecule has 0 spiro atoms. The van der Waals surface area contributed by atoms with Crippen LogP contribution in [0.2, 0.25) is 0 Å². The van der Waals surface area contributed by atoms with Crippen LogP contribution in [0.15, 0.2) is 35.9 Å². The minimum atomic E-state index is -1.71. The number of aliphatic hydroxyl groups excluding tert-OH is 1. The van der Waals surface area contributed by atoms with Gasteiger partial charge in [-0.1, -0.05) is 31.6 Å². The van der Waals surface area contributed by atoms with E-state index in [1.807, 2.05) is 31.2 Å². The van der Waals surface area contributed by atoms with Crippen LogP contribution in [-0.2, 0) is 30.3 Å². The van der Waals surface area contributed by atoms with E-state index in [4.69, 9.17) is 9.47 Å². The predicted molar refractivity (Wildman–Crippen MR) is 158 cm³/mol. The number of amides is 1. The second kappa shape index (κ2) is 12.2. The average molecular weight is 596 g/mol. The van der Waals surface area contributed by atoms with E-state index in [-0.39, 0.29) is 60.5 Å². The molecule has 0 heterocycles. The Morgan fingerprint density at radius 3 is 2.51 bits per heavy atom. The summed E-state index contributed by atoms with van der Waals surface area (Å²) in [7, 11) is 1.60. The second-order valence-corrected chi connectivity index (χ2v) is 13.5. The van der Waals surface area contributed by atoms with Crippen molar-refractivity contribution in [1.29, 1.82) is 0 Å². The quantitative estimate of drug-likeness (QED) is 0.350. The van der Waals surface area contributed by atoms with Gasteiger partial charge in [0.25, 0.3) is 0 Å². The third-order valence-electron chi connectivity index (χ3n) is 11.3. The van der Waals surface area contributed by atoms with Crippen molar-refractivity contribution in [3.05, 3.63) is 41.5 Å². The van der Waals surface area contributed by atoms with E-state index in [0.717, 1.165) is 36.1 Å². The molecule has 1 aromatic rings. The Labute approximate surface area is 253 Å². The molecule has 0 saturated heterocycles. The summed E-state index contributed by atoms with van der Waals surface area (Å²) in [6.07, 6.45) is 5.50. The lowest BCUT2D eigenvalue weighted by Crippen LogP contribution is -2.62. The number of esters is 1. The van der Waals surface area contributed by atoms with E-state index in [9.17, 15) is 29.4 Å². The van der Waals surface area contributed by atoms with Crippen LogP contribution >= 0.6 is 0 Å². The molecule has 9 nitrogen and oxygen atoms in total. The molecule has 3 fully saturated rings. The van der Waals surface area contributed by atoms with Crippen molar-refractivity contribution < 1.29 is 38.9 Å². The Bertz CT molecular complexity index is 1290. The van der Waals surface area contributed by atoms with Crippen LogP contribution < -0.4 is 10.1 Å². The minimum absolute atomic E-state index is 0.0173. The van der Waals surface area contributed by atoms with Gasteiger partial charge in [-0.25, -0.2) is 0 Å². The number of benzene rings is 1. The second-order valence-electron chi connectivity index (χ2n) is 13.5. The first kappa shape index (κ1) is 31.4. The fourth-order valence-electron chi connectivity index (χ4n) is 8.93. The molecular weight excluding hydrogens is 550 g/mol. The molecule has 3 N–H and O–H groups in total. The molecule has 0 aromatic heterocycles. The third kappa shape index (κ3) is 5.78. The van der Waals surface area contributed by atoms with Crippen molar-refractivity contribution in [2.24, 2.45) is 28.6 Å². The van der Waals surface area contributed by atoms with Crippen molar-refractivity contribution in [1.82, 2.24) is 5.32 Å². The number of carbonyl (C=O) groups is 4. The average Bonchev–Trinajstić information content (AvgIpc) is 3.25. The van der Waals surface area contributed by atoms with Gasteiger partial charge >= 0.3 is 5.97 Å². The number of hydrogen-bond acceptors (Lipinski definition) is 8. The zero-order valence-corrected chi connectivity index (χ0v) is 25.5. The lowest BCUT2D eigenvalue weighted by atomic mass is 9.45. The number of hydrogen-bond donors (Lipinski definition) is 3. The maximum Gasteiger partial charge on any atom is 0.306 e. The van der Waals surface area contributed by atoms with Crippen molar-refractivity contribution in [2.45, 2.75) is 89.8 Å². The smallest absolute Gasteiger partial charge is 0.306 e. The number of ketones is 2. The normalized spacial score (nSPS) is 34.7. The van der Waals surface area contributed by atoms with Crippen LogP contribution in [0.1, 0.15) is 77.2 Å². The highest BCUT2D eigenvalue weighted by Crippen LogP contribution is 2.67. The fourth-order valence-corrected chi connectivity index (χ4v) is 8.93. The molecule has 4 aliphatic carbocycles. The summed E-state index contributed by atoms with van der Waals surface area (Å²) in [6, 6.07) is 7.56. The monoisotopic (exact) mass is 595 g/mol. The topological polar surface area (TPSA) is 139 Å². The molecule has 234 valence electrons. The Hall–Kier alpha value is -3.04. The lowest BCUT2D eigenvalue weighted by Gasteiger charge is -2.60. The molecule has 0 bridgehead atoms. The number of aliphatic hydroxyl groups is 2. The number of rotatable bonds is 10. The van der Waals surface area contributed by atoms with Crippen molar-refractivity contribution in [3.63, 3.8) is 0 Å². The van der Waals surface area contributed by atoms with Gasteiger partial charge in [-0.15, -0.1) is 0 Å². The van der Waals surface area contributed by atoms with E-state index in [2.05, 4.69) is 12.2 Å². The van der Waals surface area contributed by atoms with E-state index in [0.29, 0.717) is 25.8 Å². The number of ether oxygens (including phenoxy) is 2. The summed E-state index contributed by atoms with van der Waals surface area (Å²) in [5.41, 5.74) is -0.620. The zero-order valence-electron chi connectivity index (χ0n) is 25.5. The molecule has 0 radical (unpaired) electrons. The van der Waals surface area contributed by atoms with Gasteiger partial charge < -0.3 is 25.0 Å².